The maximum Gasteiger partial charge on any atom is 0.137 e. The van der Waals surface area contributed by atoms with Crippen LogP contribution in [-0.4, -0.2) is 28.8 Å². The Balaban J connectivity index is 1.98. The molecule has 1 aromatic rings. The lowest BCUT2D eigenvalue weighted by molar-refractivity contribution is -0.113. The van der Waals surface area contributed by atoms with E-state index >= 15 is 0 Å². The smallest absolute Gasteiger partial charge is 0.137 e. The maximum atomic E-state index is 10.8. The summed E-state index contributed by atoms with van der Waals surface area (Å²) in [7, 11) is 0. The molecule has 0 radical (unpaired) electrons. The Hall–Kier alpha value is -0.740. The highest BCUT2D eigenvalue weighted by Crippen LogP contribution is 2.18. The molecule has 0 aliphatic carbocycles. The number of hydrogen-bond acceptors (Lipinski definition) is 4. The Morgan fingerprint density at radius 3 is 3.29 bits per heavy atom. The number of carbonyl (C=O) groups is 1. The molecule has 76 valence electrons. The van der Waals surface area contributed by atoms with Crippen LogP contribution in [-0.2, 0) is 11.3 Å². The normalized spacial score (nSPS) is 23.6. The maximum absolute atomic E-state index is 10.8. The predicted molar refractivity (Wildman–Crippen MR) is 56.2 cm³/mol. The number of likely N-dealkylation sites (tertiary alicyclic amines) is 1. The fraction of sp³-hybridized carbons (Fsp3) is 0.600. The van der Waals surface area contributed by atoms with E-state index in [2.05, 4.69) is 15.3 Å². The highest BCUT2D eigenvalue weighted by molar-refractivity contribution is 7.07. The molecular weight excluding hydrogens is 196 g/mol. The highest BCUT2D eigenvalue weighted by Gasteiger charge is 2.21. The van der Waals surface area contributed by atoms with E-state index in [-0.39, 0.29) is 6.04 Å². The van der Waals surface area contributed by atoms with Gasteiger partial charge in [-0.2, -0.15) is 0 Å². The summed E-state index contributed by atoms with van der Waals surface area (Å²) in [4.78, 5) is 17.3. The average molecular weight is 210 g/mol. The van der Waals surface area contributed by atoms with E-state index in [9.17, 15) is 4.79 Å². The van der Waals surface area contributed by atoms with Crippen LogP contribution in [0.3, 0.4) is 0 Å². The second-order valence-corrected chi connectivity index (χ2v) is 4.37. The van der Waals surface area contributed by atoms with Gasteiger partial charge in [0.25, 0.3) is 0 Å². The molecule has 0 aromatic carbocycles. The van der Waals surface area contributed by atoms with Gasteiger partial charge in [0.1, 0.15) is 6.29 Å². The van der Waals surface area contributed by atoms with Crippen LogP contribution in [0.15, 0.2) is 10.9 Å². The van der Waals surface area contributed by atoms with Crippen molar-refractivity contribution in [2.75, 3.05) is 6.54 Å². The summed E-state index contributed by atoms with van der Waals surface area (Å²) in [6.45, 7) is 1.86. The van der Waals surface area contributed by atoms with Gasteiger partial charge < -0.3 is 4.79 Å². The average Bonchev–Trinajstić information content (AvgIpc) is 2.71. The molecule has 1 atom stereocenters. The number of carbonyl (C=O) groups excluding carboxylic acids is 1. The van der Waals surface area contributed by atoms with Crippen molar-refractivity contribution in [1.29, 1.82) is 0 Å². The minimum atomic E-state index is 0.116. The first-order valence-electron chi connectivity index (χ1n) is 4.96. The molecule has 4 heteroatoms. The topological polar surface area (TPSA) is 33.2 Å². The quantitative estimate of drug-likeness (QED) is 0.712. The van der Waals surface area contributed by atoms with Gasteiger partial charge in [-0.15, -0.1) is 11.3 Å². The molecular formula is C10H14N2OS. The first-order chi connectivity index (χ1) is 6.90. The summed E-state index contributed by atoms with van der Waals surface area (Å²) < 4.78 is 0. The van der Waals surface area contributed by atoms with Gasteiger partial charge in [0.2, 0.25) is 0 Å². The molecule has 2 rings (SSSR count). The molecule has 0 N–H and O–H groups in total. The second kappa shape index (κ2) is 4.66. The molecule has 0 saturated carbocycles. The molecule has 0 spiro atoms. The summed E-state index contributed by atoms with van der Waals surface area (Å²) in [6, 6.07) is 0.116. The van der Waals surface area contributed by atoms with Gasteiger partial charge >= 0.3 is 0 Å². The minimum absolute atomic E-state index is 0.116. The first kappa shape index (κ1) is 9.80. The summed E-state index contributed by atoms with van der Waals surface area (Å²) in [6.07, 6.45) is 4.46. The van der Waals surface area contributed by atoms with Crippen LogP contribution in [0.25, 0.3) is 0 Å². The van der Waals surface area contributed by atoms with Gasteiger partial charge in [0, 0.05) is 11.9 Å². The number of nitrogens with zero attached hydrogens (tertiary/aromatic N) is 2. The fourth-order valence-corrected chi connectivity index (χ4v) is 2.44. The fourth-order valence-electron chi connectivity index (χ4n) is 1.89. The number of rotatable bonds is 3. The molecule has 1 saturated heterocycles. The van der Waals surface area contributed by atoms with E-state index in [1.807, 2.05) is 5.51 Å². The second-order valence-electron chi connectivity index (χ2n) is 3.65. The van der Waals surface area contributed by atoms with Crippen LogP contribution in [0, 0.1) is 0 Å². The molecule has 1 aliphatic heterocycles. The molecule has 1 aliphatic rings. The summed E-state index contributed by atoms with van der Waals surface area (Å²) in [5.74, 6) is 0. The standard InChI is InChI=1S/C10H14N2OS/c13-6-10-3-1-2-4-12(10)5-9-7-14-8-11-9/h6-8,10H,1-5H2. The van der Waals surface area contributed by atoms with Crippen LogP contribution >= 0.6 is 11.3 Å². The summed E-state index contributed by atoms with van der Waals surface area (Å²) in [5, 5.41) is 2.05. The van der Waals surface area contributed by atoms with E-state index in [4.69, 9.17) is 0 Å². The molecule has 0 bridgehead atoms. The monoisotopic (exact) mass is 210 g/mol. The van der Waals surface area contributed by atoms with E-state index in [1.165, 1.54) is 12.8 Å². The van der Waals surface area contributed by atoms with Crippen molar-refractivity contribution in [2.45, 2.75) is 31.8 Å². The Kier molecular flexibility index (Phi) is 3.26. The van der Waals surface area contributed by atoms with E-state index < -0.39 is 0 Å². The van der Waals surface area contributed by atoms with Gasteiger partial charge in [-0.1, -0.05) is 6.42 Å². The molecule has 0 amide bonds. The van der Waals surface area contributed by atoms with Crippen LogP contribution in [0.2, 0.25) is 0 Å². The molecule has 1 aromatic heterocycles. The van der Waals surface area contributed by atoms with Crippen LogP contribution in [0.1, 0.15) is 25.0 Å². The summed E-state index contributed by atoms with van der Waals surface area (Å²) in [5.41, 5.74) is 2.93. The van der Waals surface area contributed by atoms with Gasteiger partial charge in [0.05, 0.1) is 17.2 Å². The number of piperidine rings is 1. The zero-order valence-electron chi connectivity index (χ0n) is 8.06. The Morgan fingerprint density at radius 1 is 1.64 bits per heavy atom. The van der Waals surface area contributed by atoms with E-state index in [0.29, 0.717) is 0 Å². The zero-order chi connectivity index (χ0) is 9.80. The lowest BCUT2D eigenvalue weighted by Crippen LogP contribution is -2.39. The van der Waals surface area contributed by atoms with E-state index in [1.54, 1.807) is 11.3 Å². The Bertz CT molecular complexity index is 286. The van der Waals surface area contributed by atoms with Crippen molar-refractivity contribution in [3.05, 3.63) is 16.6 Å². The zero-order valence-corrected chi connectivity index (χ0v) is 8.87. The van der Waals surface area contributed by atoms with Crippen LogP contribution in [0.5, 0.6) is 0 Å². The van der Waals surface area contributed by atoms with Crippen LogP contribution in [0.4, 0.5) is 0 Å². The van der Waals surface area contributed by atoms with Crippen molar-refractivity contribution in [3.8, 4) is 0 Å². The lowest BCUT2D eigenvalue weighted by Gasteiger charge is -2.31. The van der Waals surface area contributed by atoms with Crippen molar-refractivity contribution >= 4 is 17.6 Å². The molecule has 2 heterocycles. The van der Waals surface area contributed by atoms with Gasteiger partial charge in [-0.05, 0) is 19.4 Å². The van der Waals surface area contributed by atoms with Crippen molar-refractivity contribution in [1.82, 2.24) is 9.88 Å². The third-order valence-corrected chi connectivity index (χ3v) is 3.31. The predicted octanol–water partition coefficient (Wildman–Crippen LogP) is 1.70. The minimum Gasteiger partial charge on any atom is -0.302 e. The van der Waals surface area contributed by atoms with E-state index in [0.717, 1.165) is 31.5 Å². The first-order valence-corrected chi connectivity index (χ1v) is 5.91. The molecule has 1 unspecified atom stereocenters. The number of hydrogen-bond donors (Lipinski definition) is 0. The third kappa shape index (κ3) is 2.19. The highest BCUT2D eigenvalue weighted by atomic mass is 32.1. The van der Waals surface area contributed by atoms with Gasteiger partial charge in [-0.25, -0.2) is 4.98 Å². The number of aldehydes is 1. The number of aromatic nitrogens is 1. The molecule has 3 nitrogen and oxygen atoms in total. The van der Waals surface area contributed by atoms with Crippen molar-refractivity contribution in [2.24, 2.45) is 0 Å². The molecule has 1 fully saturated rings. The van der Waals surface area contributed by atoms with Crippen molar-refractivity contribution in [3.63, 3.8) is 0 Å². The largest absolute Gasteiger partial charge is 0.302 e. The Labute approximate surface area is 87.8 Å². The Morgan fingerprint density at radius 2 is 2.57 bits per heavy atom. The summed E-state index contributed by atoms with van der Waals surface area (Å²) >= 11 is 1.61. The SMILES string of the molecule is O=CC1CCCCN1Cc1cscn1. The lowest BCUT2D eigenvalue weighted by atomic mass is 10.0. The number of thiazole rings is 1. The van der Waals surface area contributed by atoms with Crippen LogP contribution < -0.4 is 0 Å². The van der Waals surface area contributed by atoms with Gasteiger partial charge in [-0.3, -0.25) is 4.90 Å². The van der Waals surface area contributed by atoms with Crippen molar-refractivity contribution < 1.29 is 4.79 Å². The molecule has 14 heavy (non-hydrogen) atoms. The third-order valence-electron chi connectivity index (χ3n) is 2.67. The van der Waals surface area contributed by atoms with Gasteiger partial charge in [0.15, 0.2) is 0 Å².